The number of nitrogens with two attached hydrogens (primary N) is 1. The summed E-state index contributed by atoms with van der Waals surface area (Å²) in [6, 6.07) is 13.6. The third kappa shape index (κ3) is 5.36. The third-order valence-electron chi connectivity index (χ3n) is 3.42. The lowest BCUT2D eigenvalue weighted by atomic mass is 10.2. The summed E-state index contributed by atoms with van der Waals surface area (Å²) in [5.41, 5.74) is 1.91. The smallest absolute Gasteiger partial charge is 0.258 e. The van der Waals surface area contributed by atoms with Crippen LogP contribution in [-0.2, 0) is 27.8 Å². The molecule has 6 nitrogen and oxygen atoms in total. The fraction of sp³-hybridized carbons (Fsp3) is 0.235. The molecule has 24 heavy (non-hydrogen) atoms. The summed E-state index contributed by atoms with van der Waals surface area (Å²) in [7, 11) is -3.70. The van der Waals surface area contributed by atoms with Crippen LogP contribution in [0, 0.1) is 0 Å². The molecule has 0 spiro atoms. The summed E-state index contributed by atoms with van der Waals surface area (Å²) in [6.07, 6.45) is 0.901. The van der Waals surface area contributed by atoms with Gasteiger partial charge in [-0.1, -0.05) is 31.2 Å². The van der Waals surface area contributed by atoms with Crippen molar-refractivity contribution in [3.8, 4) is 5.75 Å². The molecule has 0 aliphatic rings. The van der Waals surface area contributed by atoms with E-state index >= 15 is 0 Å². The molecule has 0 saturated carbocycles. The largest absolute Gasteiger partial charge is 0.484 e. The summed E-state index contributed by atoms with van der Waals surface area (Å²) >= 11 is 0. The number of primary sulfonamides is 1. The lowest BCUT2D eigenvalue weighted by molar-refractivity contribution is -0.123. The van der Waals surface area contributed by atoms with Crippen LogP contribution in [0.1, 0.15) is 18.1 Å². The summed E-state index contributed by atoms with van der Waals surface area (Å²) in [5.74, 6) is 0.398. The monoisotopic (exact) mass is 348 g/mol. The maximum atomic E-state index is 11.8. The minimum Gasteiger partial charge on any atom is -0.484 e. The molecule has 2 rings (SSSR count). The van der Waals surface area contributed by atoms with E-state index < -0.39 is 10.0 Å². The average molecular weight is 348 g/mol. The fourth-order valence-corrected chi connectivity index (χ4v) is 2.57. The second-order valence-corrected chi connectivity index (χ2v) is 6.82. The molecule has 0 radical (unpaired) electrons. The molecule has 2 aromatic carbocycles. The van der Waals surface area contributed by atoms with Crippen molar-refractivity contribution in [2.45, 2.75) is 24.8 Å². The Morgan fingerprint density at radius 1 is 1.12 bits per heavy atom. The highest BCUT2D eigenvalue weighted by molar-refractivity contribution is 7.89. The highest BCUT2D eigenvalue weighted by Gasteiger charge is 2.07. The Kier molecular flexibility index (Phi) is 5.94. The maximum absolute atomic E-state index is 11.8. The van der Waals surface area contributed by atoms with Gasteiger partial charge in [-0.05, 0) is 41.8 Å². The lowest BCUT2D eigenvalue weighted by Gasteiger charge is -2.09. The van der Waals surface area contributed by atoms with Gasteiger partial charge >= 0.3 is 0 Å². The van der Waals surface area contributed by atoms with Gasteiger partial charge in [0.05, 0.1) is 4.90 Å². The van der Waals surface area contributed by atoms with Gasteiger partial charge in [0.2, 0.25) is 10.0 Å². The number of rotatable bonds is 7. The van der Waals surface area contributed by atoms with Gasteiger partial charge in [0.1, 0.15) is 5.75 Å². The molecule has 3 N–H and O–H groups in total. The Labute approximate surface area is 141 Å². The Morgan fingerprint density at radius 2 is 1.83 bits per heavy atom. The van der Waals surface area contributed by atoms with Gasteiger partial charge < -0.3 is 10.1 Å². The summed E-state index contributed by atoms with van der Waals surface area (Å²) in [4.78, 5) is 11.9. The molecule has 0 heterocycles. The lowest BCUT2D eigenvalue weighted by Crippen LogP contribution is -2.28. The molecule has 7 heteroatoms. The van der Waals surface area contributed by atoms with E-state index in [1.54, 1.807) is 18.2 Å². The molecule has 0 unspecified atom stereocenters. The number of amides is 1. The van der Waals surface area contributed by atoms with Crippen LogP contribution in [0.4, 0.5) is 0 Å². The van der Waals surface area contributed by atoms with Crippen LogP contribution in [0.5, 0.6) is 5.75 Å². The van der Waals surface area contributed by atoms with Crippen LogP contribution in [0.25, 0.3) is 0 Å². The predicted molar refractivity (Wildman–Crippen MR) is 91.0 cm³/mol. The molecule has 0 aliphatic carbocycles. The molecule has 0 aliphatic heterocycles. The normalized spacial score (nSPS) is 11.1. The molecule has 1 amide bonds. The van der Waals surface area contributed by atoms with E-state index in [1.165, 1.54) is 12.1 Å². The van der Waals surface area contributed by atoms with Gasteiger partial charge in [0, 0.05) is 6.54 Å². The van der Waals surface area contributed by atoms with Crippen molar-refractivity contribution >= 4 is 15.9 Å². The molecule has 2 aromatic rings. The highest BCUT2D eigenvalue weighted by atomic mass is 32.2. The van der Waals surface area contributed by atoms with Crippen LogP contribution in [0.15, 0.2) is 53.4 Å². The van der Waals surface area contributed by atoms with E-state index in [0.717, 1.165) is 17.5 Å². The number of hydrogen-bond acceptors (Lipinski definition) is 4. The molecule has 0 fully saturated rings. The van der Waals surface area contributed by atoms with E-state index in [1.807, 2.05) is 25.1 Å². The fourth-order valence-electron chi connectivity index (χ4n) is 2.05. The number of ether oxygens (including phenoxy) is 1. The molecule has 0 aromatic heterocycles. The van der Waals surface area contributed by atoms with Crippen LogP contribution in [-0.4, -0.2) is 20.9 Å². The van der Waals surface area contributed by atoms with E-state index in [0.29, 0.717) is 5.75 Å². The minimum atomic E-state index is -3.70. The number of aryl methyl sites for hydroxylation is 1. The van der Waals surface area contributed by atoms with Crippen molar-refractivity contribution in [3.63, 3.8) is 0 Å². The van der Waals surface area contributed by atoms with Crippen molar-refractivity contribution in [2.24, 2.45) is 5.14 Å². The zero-order valence-electron chi connectivity index (χ0n) is 13.4. The predicted octanol–water partition coefficient (Wildman–Crippen LogP) is 1.59. The minimum absolute atomic E-state index is 0.0386. The van der Waals surface area contributed by atoms with Gasteiger partial charge in [-0.2, -0.15) is 0 Å². The number of nitrogens with one attached hydrogen (secondary N) is 1. The quantitative estimate of drug-likeness (QED) is 0.794. The standard InChI is InChI=1S/C17H20N2O4S/c1-2-13-4-3-5-15(10-13)23-12-17(20)19-11-14-6-8-16(9-7-14)24(18,21)22/h3-10H,2,11-12H2,1H3,(H,19,20)(H2,18,21,22). The van der Waals surface area contributed by atoms with Gasteiger partial charge in [-0.3, -0.25) is 4.79 Å². The number of carbonyl (C=O) groups is 1. The Balaban J connectivity index is 1.82. The maximum Gasteiger partial charge on any atom is 0.258 e. The van der Waals surface area contributed by atoms with Crippen LogP contribution in [0.3, 0.4) is 0 Å². The van der Waals surface area contributed by atoms with Crippen molar-refractivity contribution in [1.29, 1.82) is 0 Å². The molecule has 0 bridgehead atoms. The third-order valence-corrected chi connectivity index (χ3v) is 4.35. The van der Waals surface area contributed by atoms with Gasteiger partial charge in [0.25, 0.3) is 5.91 Å². The van der Waals surface area contributed by atoms with E-state index in [9.17, 15) is 13.2 Å². The van der Waals surface area contributed by atoms with Crippen LogP contribution < -0.4 is 15.2 Å². The van der Waals surface area contributed by atoms with Gasteiger partial charge in [0.15, 0.2) is 6.61 Å². The summed E-state index contributed by atoms with van der Waals surface area (Å²) in [5, 5.41) is 7.74. The summed E-state index contributed by atoms with van der Waals surface area (Å²) in [6.45, 7) is 2.25. The SMILES string of the molecule is CCc1cccc(OCC(=O)NCc2ccc(S(N)(=O)=O)cc2)c1. The van der Waals surface area contributed by atoms with E-state index in [4.69, 9.17) is 9.88 Å². The second-order valence-electron chi connectivity index (χ2n) is 5.26. The van der Waals surface area contributed by atoms with Crippen molar-refractivity contribution < 1.29 is 17.9 Å². The first kappa shape index (κ1) is 18.0. The zero-order valence-corrected chi connectivity index (χ0v) is 14.2. The zero-order chi connectivity index (χ0) is 17.6. The number of carbonyl (C=O) groups excluding carboxylic acids is 1. The molecule has 0 atom stereocenters. The first-order chi connectivity index (χ1) is 11.4. The highest BCUT2D eigenvalue weighted by Crippen LogP contribution is 2.13. The molecular weight excluding hydrogens is 328 g/mol. The van der Waals surface area contributed by atoms with Crippen molar-refractivity contribution in [1.82, 2.24) is 5.32 Å². The van der Waals surface area contributed by atoms with Gasteiger partial charge in [-0.15, -0.1) is 0 Å². The van der Waals surface area contributed by atoms with E-state index in [-0.39, 0.29) is 24.0 Å². The molecular formula is C17H20N2O4S. The second kappa shape index (κ2) is 7.94. The van der Waals surface area contributed by atoms with Crippen molar-refractivity contribution in [3.05, 3.63) is 59.7 Å². The number of hydrogen-bond donors (Lipinski definition) is 2. The Hall–Kier alpha value is -2.38. The molecule has 128 valence electrons. The summed E-state index contributed by atoms with van der Waals surface area (Å²) < 4.78 is 27.8. The van der Waals surface area contributed by atoms with E-state index in [2.05, 4.69) is 5.32 Å². The topological polar surface area (TPSA) is 98.5 Å². The van der Waals surface area contributed by atoms with Crippen molar-refractivity contribution in [2.75, 3.05) is 6.61 Å². The average Bonchev–Trinajstić information content (AvgIpc) is 2.58. The van der Waals surface area contributed by atoms with Crippen LogP contribution in [0.2, 0.25) is 0 Å². The first-order valence-electron chi connectivity index (χ1n) is 7.48. The van der Waals surface area contributed by atoms with Gasteiger partial charge in [-0.25, -0.2) is 13.6 Å². The number of sulfonamides is 1. The van der Waals surface area contributed by atoms with Crippen LogP contribution >= 0.6 is 0 Å². The Bertz CT molecular complexity index is 802. The molecule has 0 saturated heterocycles. The first-order valence-corrected chi connectivity index (χ1v) is 9.03. The Morgan fingerprint density at radius 3 is 2.46 bits per heavy atom. The number of benzene rings is 2.